The fourth-order valence-electron chi connectivity index (χ4n) is 0. The molecule has 0 aliphatic heterocycles. The van der Waals surface area contributed by atoms with Crippen LogP contribution in [0.1, 0.15) is 0 Å². The van der Waals surface area contributed by atoms with Crippen molar-refractivity contribution in [2.45, 2.75) is 0 Å². The molecule has 0 aliphatic rings. The van der Waals surface area contributed by atoms with Crippen LogP contribution in [0.4, 0.5) is 0 Å². The minimum Gasteiger partial charge on any atom is -0.314 e. The second-order valence-corrected chi connectivity index (χ2v) is 0. The van der Waals surface area contributed by atoms with E-state index >= 15 is 0 Å². The van der Waals surface area contributed by atoms with Crippen LogP contribution < -0.4 is 0 Å². The van der Waals surface area contributed by atoms with E-state index in [-0.39, 0.29) is 62.3 Å². The molecule has 0 spiro atoms. The third-order valence-corrected chi connectivity index (χ3v) is 0. The Labute approximate surface area is 62.1 Å². The van der Waals surface area contributed by atoms with E-state index in [0.29, 0.717) is 0 Å². The van der Waals surface area contributed by atoms with E-state index in [2.05, 4.69) is 0 Å². The van der Waals surface area contributed by atoms with Crippen molar-refractivity contribution in [3.63, 3.8) is 0 Å². The second kappa shape index (κ2) is 22.0. The van der Waals surface area contributed by atoms with Gasteiger partial charge in [-0.1, -0.05) is 0 Å². The molecule has 0 N–H and O–H groups in total. The van der Waals surface area contributed by atoms with Gasteiger partial charge in [0.25, 0.3) is 0 Å². The zero-order valence-electron chi connectivity index (χ0n) is 2.71. The normalized spacial score (nSPS) is 0. The van der Waals surface area contributed by atoms with Gasteiger partial charge in [0.15, 0.2) is 17.4 Å². The van der Waals surface area contributed by atoms with Crippen molar-refractivity contribution in [2.75, 3.05) is 0 Å². The minimum atomic E-state index is 0. The average molecular weight is 117 g/mol. The summed E-state index contributed by atoms with van der Waals surface area (Å²) in [6.45, 7) is 0. The van der Waals surface area contributed by atoms with Gasteiger partial charge in [-0.3, -0.25) is 0 Å². The maximum atomic E-state index is 0. The van der Waals surface area contributed by atoms with Gasteiger partial charge in [0.05, 0.1) is 0 Å². The average Bonchev–Trinajstić information content (AvgIpc) is 0. The predicted octanol–water partition coefficient (Wildman–Crippen LogP) is -3.93. The monoisotopic (exact) mass is 116 g/mol. The Hall–Kier alpha value is 1.73. The summed E-state index contributed by atoms with van der Waals surface area (Å²) in [5.41, 5.74) is 0. The Morgan fingerprint density at radius 3 is 0.750 bits per heavy atom. The van der Waals surface area contributed by atoms with Gasteiger partial charge in [0.2, 0.25) is 0 Å². The maximum Gasteiger partial charge on any atom is 2.00 e. The molecule has 0 unspecified atom stereocenters. The van der Waals surface area contributed by atoms with Crippen molar-refractivity contribution >= 4 is 62.3 Å². The third kappa shape index (κ3) is 9.28. The van der Waals surface area contributed by atoms with Gasteiger partial charge in [-0.25, -0.2) is 0 Å². The van der Waals surface area contributed by atoms with Crippen LogP contribution in [0, 0.1) is 0 Å². The molecule has 4 heteroatoms. The van der Waals surface area contributed by atoms with Crippen molar-refractivity contribution in [2.24, 2.45) is 0 Å². The van der Waals surface area contributed by atoms with Gasteiger partial charge < -0.3 is 21.9 Å². The Morgan fingerprint density at radius 1 is 0.750 bits per heavy atom. The van der Waals surface area contributed by atoms with Crippen LogP contribution in [0.25, 0.3) is 0 Å². The molecule has 0 atom stereocenters. The standard InChI is InChI=1S/Al.Mg.2H3Si.3H/h;;2*1H3;;;/q;+2;2*-1;;;. The van der Waals surface area contributed by atoms with Crippen LogP contribution >= 0.6 is 0 Å². The smallest absolute Gasteiger partial charge is 0.314 e. The van der Waals surface area contributed by atoms with Crippen molar-refractivity contribution in [3.05, 3.63) is 0 Å². The van der Waals surface area contributed by atoms with Crippen LogP contribution in [0.5, 0.6) is 0 Å². The Kier molecular flexibility index (Phi) is 235. The van der Waals surface area contributed by atoms with Gasteiger partial charge in [0.1, 0.15) is 0 Å². The summed E-state index contributed by atoms with van der Waals surface area (Å²) in [6, 6.07) is 0. The first-order chi connectivity index (χ1) is 0. The Morgan fingerprint density at radius 2 is 0.750 bits per heavy atom. The molecule has 0 bridgehead atoms. The number of hydrogen-bond donors (Lipinski definition) is 0. The fourth-order valence-corrected chi connectivity index (χ4v) is 0. The van der Waals surface area contributed by atoms with Crippen molar-refractivity contribution in [1.29, 1.82) is 0 Å². The van der Waals surface area contributed by atoms with E-state index in [0.717, 1.165) is 0 Å². The molecular formula is H9AlMgSi2. The molecule has 0 nitrogen and oxygen atoms in total. The second-order valence-electron chi connectivity index (χ2n) is 0. The summed E-state index contributed by atoms with van der Waals surface area (Å²) >= 11 is 0. The summed E-state index contributed by atoms with van der Waals surface area (Å²) in [5.74, 6) is 0. The van der Waals surface area contributed by atoms with Gasteiger partial charge in [-0.2, -0.15) is 0 Å². The van der Waals surface area contributed by atoms with Crippen molar-refractivity contribution in [1.82, 2.24) is 0 Å². The van der Waals surface area contributed by atoms with E-state index in [9.17, 15) is 0 Å². The van der Waals surface area contributed by atoms with E-state index < -0.39 is 0 Å². The Bertz CT molecular complexity index is 6.00. The molecule has 0 saturated heterocycles. The van der Waals surface area contributed by atoms with Gasteiger partial charge in [0, 0.05) is 0 Å². The van der Waals surface area contributed by atoms with E-state index in [4.69, 9.17) is 0 Å². The summed E-state index contributed by atoms with van der Waals surface area (Å²) < 4.78 is 0. The van der Waals surface area contributed by atoms with E-state index in [1.165, 1.54) is 0 Å². The minimum absolute atomic E-state index is 0. The number of hydrogen-bond acceptors (Lipinski definition) is 0. The van der Waals surface area contributed by atoms with Crippen molar-refractivity contribution in [3.8, 4) is 0 Å². The molecular weight excluding hydrogens is 107 g/mol. The summed E-state index contributed by atoms with van der Waals surface area (Å²) in [5, 5.41) is 0. The number of rotatable bonds is 0. The molecule has 0 saturated carbocycles. The van der Waals surface area contributed by atoms with E-state index in [1.807, 2.05) is 0 Å². The zero-order chi connectivity index (χ0) is 0. The zero-order valence-corrected chi connectivity index (χ0v) is 8.12. The summed E-state index contributed by atoms with van der Waals surface area (Å²) in [7, 11) is 0. The topological polar surface area (TPSA) is 0 Å². The molecule has 0 aromatic carbocycles. The van der Waals surface area contributed by atoms with Gasteiger partial charge in [-0.05, 0) is 0 Å². The van der Waals surface area contributed by atoms with Crippen LogP contribution in [-0.2, 0) is 0 Å². The molecule has 0 amide bonds. The molecule has 0 radical (unpaired) electrons. The molecule has 0 aromatic rings. The molecule has 22 valence electrons. The first kappa shape index (κ1) is 42.8. The molecule has 0 heterocycles. The SMILES string of the molecule is [AlH3].[Mg+2].[SiH3-].[SiH3-]. The summed E-state index contributed by atoms with van der Waals surface area (Å²) in [6.07, 6.45) is 0. The van der Waals surface area contributed by atoms with Crippen LogP contribution in [-0.4, -0.2) is 62.3 Å². The molecule has 0 aromatic heterocycles. The summed E-state index contributed by atoms with van der Waals surface area (Å²) in [4.78, 5) is 0. The Balaban J connectivity index is 0. The van der Waals surface area contributed by atoms with Crippen LogP contribution in [0.2, 0.25) is 0 Å². The van der Waals surface area contributed by atoms with Crippen LogP contribution in [0.3, 0.4) is 0 Å². The molecule has 0 aliphatic carbocycles. The van der Waals surface area contributed by atoms with E-state index in [1.54, 1.807) is 0 Å². The van der Waals surface area contributed by atoms with Crippen LogP contribution in [0.15, 0.2) is 0 Å². The van der Waals surface area contributed by atoms with Crippen molar-refractivity contribution < 1.29 is 0 Å². The molecule has 0 fully saturated rings. The fraction of sp³-hybridized carbons (Fsp3) is 0. The van der Waals surface area contributed by atoms with Gasteiger partial charge >= 0.3 is 23.1 Å². The quantitative estimate of drug-likeness (QED) is 0.284. The maximum absolute atomic E-state index is 0. The first-order valence-electron chi connectivity index (χ1n) is 0. The molecule has 0 rings (SSSR count). The largest absolute Gasteiger partial charge is 2.00 e. The third-order valence-electron chi connectivity index (χ3n) is 0. The molecule has 4 heavy (non-hydrogen) atoms. The predicted molar refractivity (Wildman–Crippen MR) is 35.6 cm³/mol. The van der Waals surface area contributed by atoms with Gasteiger partial charge in [-0.15, -0.1) is 0 Å². The first-order valence-corrected chi connectivity index (χ1v) is 0.